The minimum Gasteiger partial charge on any atom is -0.461 e. The molecule has 2 heterocycles. The Morgan fingerprint density at radius 2 is 1.80 bits per heavy atom. The average Bonchev–Trinajstić information content (AvgIpc) is 2.66. The Balaban J connectivity index is 1.90. The van der Waals surface area contributed by atoms with Crippen LogP contribution in [0.5, 0.6) is 0 Å². The fourth-order valence-corrected chi connectivity index (χ4v) is 1.82. The summed E-state index contributed by atoms with van der Waals surface area (Å²) in [6.45, 7) is 2.09. The summed E-state index contributed by atoms with van der Waals surface area (Å²) in [5.41, 5.74) is 1.15. The Bertz CT molecular complexity index is 443. The number of nitrogens with one attached hydrogen (secondary N) is 1. The average molecular weight is 199 g/mol. The Labute approximate surface area is 88.9 Å². The number of benzene rings is 1. The maximum absolute atomic E-state index is 5.83. The maximum Gasteiger partial charge on any atom is 0.134 e. The van der Waals surface area contributed by atoms with Crippen LogP contribution < -0.4 is 5.32 Å². The molecular weight excluding hydrogens is 186 g/mol. The summed E-state index contributed by atoms with van der Waals surface area (Å²) >= 11 is 0. The largest absolute Gasteiger partial charge is 0.461 e. The van der Waals surface area contributed by atoms with E-state index in [1.165, 1.54) is 0 Å². The number of furan rings is 1. The first kappa shape index (κ1) is 8.74. The van der Waals surface area contributed by atoms with E-state index in [0.717, 1.165) is 30.2 Å². The summed E-state index contributed by atoms with van der Waals surface area (Å²) in [6.07, 6.45) is 0. The molecule has 1 fully saturated rings. The van der Waals surface area contributed by atoms with E-state index >= 15 is 0 Å². The summed E-state index contributed by atoms with van der Waals surface area (Å²) in [5, 5.41) is 3.25. The molecule has 2 heteroatoms. The van der Waals surface area contributed by atoms with Crippen LogP contribution in [0.4, 0.5) is 0 Å². The van der Waals surface area contributed by atoms with Crippen LogP contribution in [0.1, 0.15) is 11.7 Å². The van der Waals surface area contributed by atoms with Crippen molar-refractivity contribution in [2.75, 3.05) is 13.1 Å². The van der Waals surface area contributed by atoms with Gasteiger partial charge in [0.1, 0.15) is 11.5 Å². The van der Waals surface area contributed by atoms with E-state index in [1.54, 1.807) is 0 Å². The fourth-order valence-electron chi connectivity index (χ4n) is 1.82. The normalized spacial score (nSPS) is 16.3. The molecule has 0 spiro atoms. The fraction of sp³-hybridized carbons (Fsp3) is 0.231. The Morgan fingerprint density at radius 3 is 2.47 bits per heavy atom. The summed E-state index contributed by atoms with van der Waals surface area (Å²) in [7, 11) is 0. The smallest absolute Gasteiger partial charge is 0.134 e. The highest BCUT2D eigenvalue weighted by Gasteiger charge is 2.22. The van der Waals surface area contributed by atoms with Gasteiger partial charge in [0.05, 0.1) is 0 Å². The second kappa shape index (κ2) is 3.55. The molecule has 0 bridgehead atoms. The number of hydrogen-bond acceptors (Lipinski definition) is 2. The van der Waals surface area contributed by atoms with Gasteiger partial charge in [0.15, 0.2) is 0 Å². The van der Waals surface area contributed by atoms with E-state index in [4.69, 9.17) is 4.42 Å². The van der Waals surface area contributed by atoms with Crippen LogP contribution >= 0.6 is 0 Å². The van der Waals surface area contributed by atoms with Crippen LogP contribution in [0.25, 0.3) is 11.3 Å². The van der Waals surface area contributed by atoms with E-state index < -0.39 is 0 Å². The van der Waals surface area contributed by atoms with Crippen molar-refractivity contribution in [2.24, 2.45) is 0 Å². The van der Waals surface area contributed by atoms with Crippen molar-refractivity contribution in [1.29, 1.82) is 0 Å². The Morgan fingerprint density at radius 1 is 1.00 bits per heavy atom. The van der Waals surface area contributed by atoms with Gasteiger partial charge in [-0.05, 0) is 12.1 Å². The minimum atomic E-state index is 0.572. The highest BCUT2D eigenvalue weighted by atomic mass is 16.3. The number of rotatable bonds is 2. The van der Waals surface area contributed by atoms with Crippen LogP contribution in [-0.2, 0) is 0 Å². The van der Waals surface area contributed by atoms with Crippen molar-refractivity contribution in [3.05, 3.63) is 48.2 Å². The molecule has 2 aromatic rings. The predicted molar refractivity (Wildman–Crippen MR) is 59.8 cm³/mol. The molecule has 76 valence electrons. The molecule has 1 aliphatic heterocycles. The Hall–Kier alpha value is -1.54. The standard InChI is InChI=1S/C13H13NO/c1-2-4-10(5-3-1)12-6-7-13(15-12)11-8-14-9-11/h1-7,11,14H,8-9H2. The molecule has 3 rings (SSSR count). The lowest BCUT2D eigenvalue weighted by Crippen LogP contribution is -2.39. The minimum absolute atomic E-state index is 0.572. The highest BCUT2D eigenvalue weighted by molar-refractivity contribution is 5.57. The van der Waals surface area contributed by atoms with Crippen molar-refractivity contribution in [3.8, 4) is 11.3 Å². The molecule has 1 N–H and O–H groups in total. The molecule has 0 aliphatic carbocycles. The van der Waals surface area contributed by atoms with Crippen LogP contribution in [0.2, 0.25) is 0 Å². The van der Waals surface area contributed by atoms with Gasteiger partial charge in [0, 0.05) is 24.6 Å². The second-order valence-corrected chi connectivity index (χ2v) is 3.92. The van der Waals surface area contributed by atoms with E-state index in [-0.39, 0.29) is 0 Å². The van der Waals surface area contributed by atoms with Crippen LogP contribution in [0.15, 0.2) is 46.9 Å². The molecule has 2 nitrogen and oxygen atoms in total. The number of hydrogen-bond donors (Lipinski definition) is 1. The van der Waals surface area contributed by atoms with Crippen molar-refractivity contribution in [3.63, 3.8) is 0 Å². The first-order chi connectivity index (χ1) is 7.43. The lowest BCUT2D eigenvalue weighted by Gasteiger charge is -2.24. The quantitative estimate of drug-likeness (QED) is 0.804. The maximum atomic E-state index is 5.83. The molecule has 1 aliphatic rings. The van der Waals surface area contributed by atoms with Gasteiger partial charge in [-0.3, -0.25) is 0 Å². The highest BCUT2D eigenvalue weighted by Crippen LogP contribution is 2.27. The van der Waals surface area contributed by atoms with E-state index in [9.17, 15) is 0 Å². The van der Waals surface area contributed by atoms with E-state index in [0.29, 0.717) is 5.92 Å². The monoisotopic (exact) mass is 199 g/mol. The first-order valence-electron chi connectivity index (χ1n) is 5.29. The molecule has 1 saturated heterocycles. The first-order valence-corrected chi connectivity index (χ1v) is 5.29. The SMILES string of the molecule is c1ccc(-c2ccc(C3CNC3)o2)cc1. The molecule has 1 aromatic heterocycles. The van der Waals surface area contributed by atoms with Gasteiger partial charge in [-0.25, -0.2) is 0 Å². The van der Waals surface area contributed by atoms with Crippen molar-refractivity contribution in [1.82, 2.24) is 5.32 Å². The summed E-state index contributed by atoms with van der Waals surface area (Å²) in [5.74, 6) is 2.65. The topological polar surface area (TPSA) is 25.2 Å². The van der Waals surface area contributed by atoms with Gasteiger partial charge in [0.25, 0.3) is 0 Å². The van der Waals surface area contributed by atoms with Crippen LogP contribution in [0.3, 0.4) is 0 Å². The lowest BCUT2D eigenvalue weighted by molar-refractivity contribution is 0.373. The lowest BCUT2D eigenvalue weighted by atomic mass is 10.0. The van der Waals surface area contributed by atoms with Gasteiger partial charge in [-0.2, -0.15) is 0 Å². The van der Waals surface area contributed by atoms with Crippen LogP contribution in [-0.4, -0.2) is 13.1 Å². The zero-order valence-corrected chi connectivity index (χ0v) is 8.44. The van der Waals surface area contributed by atoms with Crippen LogP contribution in [0, 0.1) is 0 Å². The third kappa shape index (κ3) is 1.57. The molecule has 15 heavy (non-hydrogen) atoms. The third-order valence-corrected chi connectivity index (χ3v) is 2.87. The zero-order chi connectivity index (χ0) is 10.1. The molecular formula is C13H13NO. The van der Waals surface area contributed by atoms with Gasteiger partial charge in [-0.15, -0.1) is 0 Å². The zero-order valence-electron chi connectivity index (χ0n) is 8.44. The predicted octanol–water partition coefficient (Wildman–Crippen LogP) is 2.63. The molecule has 1 aromatic carbocycles. The summed E-state index contributed by atoms with van der Waals surface area (Å²) in [6, 6.07) is 14.4. The molecule has 0 atom stereocenters. The Kier molecular flexibility index (Phi) is 2.07. The van der Waals surface area contributed by atoms with Crippen molar-refractivity contribution < 1.29 is 4.42 Å². The third-order valence-electron chi connectivity index (χ3n) is 2.87. The van der Waals surface area contributed by atoms with Gasteiger partial charge < -0.3 is 9.73 Å². The van der Waals surface area contributed by atoms with Crippen molar-refractivity contribution in [2.45, 2.75) is 5.92 Å². The van der Waals surface area contributed by atoms with Gasteiger partial charge >= 0.3 is 0 Å². The second-order valence-electron chi connectivity index (χ2n) is 3.92. The molecule has 0 radical (unpaired) electrons. The molecule has 0 amide bonds. The summed E-state index contributed by atoms with van der Waals surface area (Å²) < 4.78 is 5.83. The van der Waals surface area contributed by atoms with Gasteiger partial charge in [0.2, 0.25) is 0 Å². The van der Waals surface area contributed by atoms with Gasteiger partial charge in [-0.1, -0.05) is 30.3 Å². The summed E-state index contributed by atoms with van der Waals surface area (Å²) in [4.78, 5) is 0. The van der Waals surface area contributed by atoms with E-state index in [1.807, 2.05) is 18.2 Å². The molecule has 0 unspecified atom stereocenters. The van der Waals surface area contributed by atoms with E-state index in [2.05, 4.69) is 29.6 Å². The van der Waals surface area contributed by atoms with Crippen molar-refractivity contribution >= 4 is 0 Å². The molecule has 0 saturated carbocycles.